The monoisotopic (exact) mass is 337 g/mol. The lowest BCUT2D eigenvalue weighted by molar-refractivity contribution is 0.293. The van der Waals surface area contributed by atoms with E-state index in [0.29, 0.717) is 23.0 Å². The highest BCUT2D eigenvalue weighted by atomic mass is 32.2. The minimum Gasteiger partial charge on any atom is -0.357 e. The fourth-order valence-electron chi connectivity index (χ4n) is 3.50. The zero-order valence-electron chi connectivity index (χ0n) is 14.2. The first kappa shape index (κ1) is 16.6. The predicted molar refractivity (Wildman–Crippen MR) is 93.7 cm³/mol. The molecule has 0 aromatic carbocycles. The summed E-state index contributed by atoms with van der Waals surface area (Å²) in [6.07, 6.45) is 6.83. The predicted octanol–water partition coefficient (Wildman–Crippen LogP) is 2.60. The van der Waals surface area contributed by atoms with E-state index in [4.69, 9.17) is 9.52 Å². The molecule has 1 saturated carbocycles. The summed E-state index contributed by atoms with van der Waals surface area (Å²) in [5.41, 5.74) is 0. The topological polar surface area (TPSA) is 66.5 Å². The van der Waals surface area contributed by atoms with Crippen LogP contribution in [0.5, 0.6) is 0 Å². The number of nitrogens with zero attached hydrogens (tertiary/aromatic N) is 4. The van der Waals surface area contributed by atoms with E-state index in [-0.39, 0.29) is 0 Å². The summed E-state index contributed by atoms with van der Waals surface area (Å²) >= 11 is 2.18. The molecule has 3 rings (SSSR count). The van der Waals surface area contributed by atoms with Crippen molar-refractivity contribution in [1.29, 1.82) is 0 Å². The molecule has 1 aromatic rings. The van der Waals surface area contributed by atoms with E-state index in [1.54, 1.807) is 6.92 Å². The molecule has 0 amide bonds. The fourth-order valence-corrected chi connectivity index (χ4v) is 5.07. The van der Waals surface area contributed by atoms with E-state index in [9.17, 15) is 0 Å². The maximum absolute atomic E-state index is 5.02. The zero-order chi connectivity index (χ0) is 16.1. The van der Waals surface area contributed by atoms with Gasteiger partial charge < -0.3 is 14.7 Å². The normalized spacial score (nSPS) is 21.7. The summed E-state index contributed by atoms with van der Waals surface area (Å²) in [6.45, 7) is 7.43. The Morgan fingerprint density at radius 2 is 2.22 bits per heavy atom. The molecule has 6 nitrogen and oxygen atoms in total. The number of thioether (sulfide) groups is 1. The van der Waals surface area contributed by atoms with Crippen molar-refractivity contribution in [1.82, 2.24) is 20.4 Å². The Labute approximate surface area is 142 Å². The second-order valence-corrected chi connectivity index (χ2v) is 7.98. The van der Waals surface area contributed by atoms with Gasteiger partial charge in [0.2, 0.25) is 5.89 Å². The Bertz CT molecular complexity index is 533. The van der Waals surface area contributed by atoms with Crippen LogP contribution in [0.4, 0.5) is 0 Å². The summed E-state index contributed by atoms with van der Waals surface area (Å²) in [5.74, 6) is 3.42. The van der Waals surface area contributed by atoms with Crippen LogP contribution in [0.25, 0.3) is 0 Å². The number of aryl methyl sites for hydroxylation is 1. The average molecular weight is 337 g/mol. The van der Waals surface area contributed by atoms with Gasteiger partial charge in [-0.25, -0.2) is 4.99 Å². The third kappa shape index (κ3) is 4.19. The van der Waals surface area contributed by atoms with Crippen LogP contribution in [-0.4, -0.2) is 51.1 Å². The van der Waals surface area contributed by atoms with E-state index in [0.717, 1.165) is 25.6 Å². The van der Waals surface area contributed by atoms with Crippen LogP contribution in [0.3, 0.4) is 0 Å². The van der Waals surface area contributed by atoms with Crippen molar-refractivity contribution in [3.05, 3.63) is 11.7 Å². The Balaban J connectivity index is 1.69. The Kier molecular flexibility index (Phi) is 5.46. The Morgan fingerprint density at radius 3 is 2.91 bits per heavy atom. The molecule has 1 spiro atoms. The molecule has 0 atom stereocenters. The summed E-state index contributed by atoms with van der Waals surface area (Å²) < 4.78 is 5.46. The van der Waals surface area contributed by atoms with Gasteiger partial charge in [0.05, 0.1) is 0 Å². The molecule has 2 fully saturated rings. The Morgan fingerprint density at radius 1 is 1.39 bits per heavy atom. The highest BCUT2D eigenvalue weighted by molar-refractivity contribution is 8.00. The lowest BCUT2D eigenvalue weighted by Crippen LogP contribution is -2.53. The van der Waals surface area contributed by atoms with Gasteiger partial charge in [0.1, 0.15) is 6.54 Å². The SMILES string of the molecule is CCNC(=NCc1noc(C)n1)N1CCSC2(CCCCC2)C1. The smallest absolute Gasteiger partial charge is 0.223 e. The first-order chi connectivity index (χ1) is 11.2. The van der Waals surface area contributed by atoms with Crippen molar-refractivity contribution in [2.45, 2.75) is 57.2 Å². The number of rotatable bonds is 3. The van der Waals surface area contributed by atoms with Crippen LogP contribution in [0.15, 0.2) is 9.52 Å². The van der Waals surface area contributed by atoms with Gasteiger partial charge in [-0.1, -0.05) is 24.4 Å². The van der Waals surface area contributed by atoms with Crippen molar-refractivity contribution in [3.8, 4) is 0 Å². The van der Waals surface area contributed by atoms with Crippen molar-refractivity contribution in [2.75, 3.05) is 25.4 Å². The van der Waals surface area contributed by atoms with Gasteiger partial charge in [0.25, 0.3) is 0 Å². The molecule has 128 valence electrons. The lowest BCUT2D eigenvalue weighted by Gasteiger charge is -2.45. The quantitative estimate of drug-likeness (QED) is 0.675. The molecule has 7 heteroatoms. The van der Waals surface area contributed by atoms with Crippen LogP contribution in [0.2, 0.25) is 0 Å². The minimum atomic E-state index is 0.440. The molecular formula is C16H27N5OS. The van der Waals surface area contributed by atoms with Crippen molar-refractivity contribution in [2.24, 2.45) is 4.99 Å². The zero-order valence-corrected chi connectivity index (χ0v) is 15.0. The third-order valence-electron chi connectivity index (χ3n) is 4.59. The second kappa shape index (κ2) is 7.55. The summed E-state index contributed by atoms with van der Waals surface area (Å²) in [6, 6.07) is 0. The van der Waals surface area contributed by atoms with E-state index in [1.807, 2.05) is 0 Å². The maximum atomic E-state index is 5.02. The van der Waals surface area contributed by atoms with Crippen molar-refractivity contribution in [3.63, 3.8) is 0 Å². The molecule has 0 bridgehead atoms. The number of hydrogen-bond donors (Lipinski definition) is 1. The standard InChI is InChI=1S/C16H27N5OS/c1-3-17-15(18-11-14-19-13(2)22-20-14)21-9-10-23-16(12-21)7-5-4-6-8-16/h3-12H2,1-2H3,(H,17,18). The van der Waals surface area contributed by atoms with Crippen molar-refractivity contribution < 1.29 is 4.52 Å². The maximum Gasteiger partial charge on any atom is 0.223 e. The third-order valence-corrected chi connectivity index (χ3v) is 6.12. The summed E-state index contributed by atoms with van der Waals surface area (Å²) in [7, 11) is 0. The van der Waals surface area contributed by atoms with Gasteiger partial charge in [-0.2, -0.15) is 16.7 Å². The highest BCUT2D eigenvalue weighted by Gasteiger charge is 2.38. The molecule has 0 radical (unpaired) electrons. The van der Waals surface area contributed by atoms with Crippen LogP contribution in [0.1, 0.15) is 50.7 Å². The van der Waals surface area contributed by atoms with Crippen molar-refractivity contribution >= 4 is 17.7 Å². The molecule has 1 saturated heterocycles. The first-order valence-electron chi connectivity index (χ1n) is 8.67. The largest absolute Gasteiger partial charge is 0.357 e. The molecule has 1 aliphatic carbocycles. The highest BCUT2D eigenvalue weighted by Crippen LogP contribution is 2.42. The van der Waals surface area contributed by atoms with Crippen LogP contribution in [-0.2, 0) is 6.54 Å². The van der Waals surface area contributed by atoms with E-state index >= 15 is 0 Å². The molecule has 2 heterocycles. The number of aliphatic imine (C=N–C) groups is 1. The van der Waals surface area contributed by atoms with Gasteiger partial charge in [0.15, 0.2) is 11.8 Å². The van der Waals surface area contributed by atoms with E-state index < -0.39 is 0 Å². The number of nitrogens with one attached hydrogen (secondary N) is 1. The molecule has 1 N–H and O–H groups in total. The number of aromatic nitrogens is 2. The molecular weight excluding hydrogens is 310 g/mol. The van der Waals surface area contributed by atoms with Gasteiger partial charge in [-0.15, -0.1) is 0 Å². The number of hydrogen-bond acceptors (Lipinski definition) is 5. The average Bonchev–Trinajstić information content (AvgIpc) is 2.98. The first-order valence-corrected chi connectivity index (χ1v) is 9.66. The summed E-state index contributed by atoms with van der Waals surface area (Å²) in [5, 5.41) is 7.36. The molecule has 23 heavy (non-hydrogen) atoms. The van der Waals surface area contributed by atoms with Crippen LogP contribution in [0, 0.1) is 6.92 Å². The Hall–Kier alpha value is -1.24. The second-order valence-electron chi connectivity index (χ2n) is 6.41. The van der Waals surface area contributed by atoms with E-state index in [1.165, 1.54) is 37.9 Å². The van der Waals surface area contributed by atoms with Gasteiger partial charge >= 0.3 is 0 Å². The fraction of sp³-hybridized carbons (Fsp3) is 0.812. The number of guanidine groups is 1. The molecule has 1 aliphatic heterocycles. The van der Waals surface area contributed by atoms with Crippen LogP contribution < -0.4 is 5.32 Å². The lowest BCUT2D eigenvalue weighted by atomic mass is 9.87. The van der Waals surface area contributed by atoms with Gasteiger partial charge in [-0.05, 0) is 19.8 Å². The molecule has 2 aliphatic rings. The van der Waals surface area contributed by atoms with E-state index in [2.05, 4.69) is 39.0 Å². The molecule has 0 unspecified atom stereocenters. The minimum absolute atomic E-state index is 0.440. The molecule has 1 aromatic heterocycles. The van der Waals surface area contributed by atoms with Crippen LogP contribution >= 0.6 is 11.8 Å². The van der Waals surface area contributed by atoms with Gasteiger partial charge in [-0.3, -0.25) is 0 Å². The van der Waals surface area contributed by atoms with Gasteiger partial charge in [0, 0.05) is 37.1 Å². The summed E-state index contributed by atoms with van der Waals surface area (Å²) in [4.78, 5) is 11.4.